The smallest absolute Gasteiger partial charge is 0.222 e. The zero-order valence-corrected chi connectivity index (χ0v) is 13.1. The molecule has 122 valence electrons. The van der Waals surface area contributed by atoms with Crippen LogP contribution in [0.1, 0.15) is 6.42 Å². The summed E-state index contributed by atoms with van der Waals surface area (Å²) in [5, 5.41) is 6.09. The average molecular weight is 329 g/mol. The quantitative estimate of drug-likeness (QED) is 0.853. The predicted octanol–water partition coefficient (Wildman–Crippen LogP) is 0.743. The first-order chi connectivity index (χ1) is 10.3. The second kappa shape index (κ2) is 8.22. The molecule has 2 N–H and O–H groups in total. The molecule has 0 aliphatic carbocycles. The fourth-order valence-corrected chi connectivity index (χ4v) is 2.42. The van der Waals surface area contributed by atoms with Crippen molar-refractivity contribution in [1.82, 2.24) is 10.6 Å². The summed E-state index contributed by atoms with van der Waals surface area (Å²) >= 11 is 0. The van der Waals surface area contributed by atoms with E-state index in [4.69, 9.17) is 14.2 Å². The minimum absolute atomic E-state index is 0. The van der Waals surface area contributed by atoms with Crippen LogP contribution in [-0.2, 0) is 9.53 Å². The Kier molecular flexibility index (Phi) is 6.30. The summed E-state index contributed by atoms with van der Waals surface area (Å²) in [5.41, 5.74) is 0. The molecular formula is C15H21ClN2O4. The summed E-state index contributed by atoms with van der Waals surface area (Å²) in [6, 6.07) is 7.54. The minimum atomic E-state index is -0.158. The van der Waals surface area contributed by atoms with Gasteiger partial charge in [0.05, 0.1) is 25.7 Å². The van der Waals surface area contributed by atoms with Crippen molar-refractivity contribution in [3.05, 3.63) is 24.3 Å². The summed E-state index contributed by atoms with van der Waals surface area (Å²) in [6.07, 6.45) is 0.175. The van der Waals surface area contributed by atoms with Crippen LogP contribution >= 0.6 is 12.4 Å². The van der Waals surface area contributed by atoms with Crippen molar-refractivity contribution in [1.29, 1.82) is 0 Å². The molecule has 7 heteroatoms. The van der Waals surface area contributed by atoms with Crippen molar-refractivity contribution in [3.8, 4) is 11.5 Å². The fraction of sp³-hybridized carbons (Fsp3) is 0.533. The molecular weight excluding hydrogens is 308 g/mol. The predicted molar refractivity (Wildman–Crippen MR) is 83.8 cm³/mol. The molecule has 0 aromatic heterocycles. The third-order valence-electron chi connectivity index (χ3n) is 3.51. The molecule has 0 saturated carbocycles. The number of nitrogens with one attached hydrogen (secondary N) is 2. The van der Waals surface area contributed by atoms with Crippen LogP contribution in [-0.4, -0.2) is 51.0 Å². The van der Waals surface area contributed by atoms with E-state index < -0.39 is 0 Å². The first kappa shape index (κ1) is 16.9. The van der Waals surface area contributed by atoms with Gasteiger partial charge in [0.25, 0.3) is 0 Å². The zero-order valence-electron chi connectivity index (χ0n) is 12.2. The summed E-state index contributed by atoms with van der Waals surface area (Å²) in [5.74, 6) is 1.45. The van der Waals surface area contributed by atoms with Gasteiger partial charge >= 0.3 is 0 Å². The third-order valence-corrected chi connectivity index (χ3v) is 3.51. The lowest BCUT2D eigenvalue weighted by Crippen LogP contribution is -2.44. The maximum absolute atomic E-state index is 11.9. The van der Waals surface area contributed by atoms with Gasteiger partial charge in [-0.2, -0.15) is 0 Å². The maximum atomic E-state index is 11.9. The lowest BCUT2D eigenvalue weighted by molar-refractivity contribution is -0.125. The van der Waals surface area contributed by atoms with Gasteiger partial charge in [-0.15, -0.1) is 12.4 Å². The van der Waals surface area contributed by atoms with Gasteiger partial charge in [0.2, 0.25) is 5.91 Å². The van der Waals surface area contributed by atoms with Crippen LogP contribution in [0.2, 0.25) is 0 Å². The minimum Gasteiger partial charge on any atom is -0.486 e. The van der Waals surface area contributed by atoms with Gasteiger partial charge in [0.1, 0.15) is 12.7 Å². The van der Waals surface area contributed by atoms with Crippen molar-refractivity contribution in [3.63, 3.8) is 0 Å². The number of carbonyl (C=O) groups is 1. The molecule has 0 spiro atoms. The number of morpholine rings is 1. The molecule has 0 radical (unpaired) electrons. The zero-order chi connectivity index (χ0) is 14.5. The highest BCUT2D eigenvalue weighted by atomic mass is 35.5. The molecule has 1 fully saturated rings. The number of halogens is 1. The molecule has 1 aromatic rings. The Balaban J connectivity index is 0.00000176. The van der Waals surface area contributed by atoms with Crippen LogP contribution in [0.4, 0.5) is 0 Å². The lowest BCUT2D eigenvalue weighted by Gasteiger charge is -2.27. The van der Waals surface area contributed by atoms with E-state index >= 15 is 0 Å². The molecule has 1 amide bonds. The van der Waals surface area contributed by atoms with E-state index in [1.54, 1.807) is 0 Å². The highest BCUT2D eigenvalue weighted by Gasteiger charge is 2.22. The summed E-state index contributed by atoms with van der Waals surface area (Å²) in [6.45, 7) is 3.12. The normalized spacial score (nSPS) is 23.3. The van der Waals surface area contributed by atoms with Gasteiger partial charge in [0, 0.05) is 13.1 Å². The Hall–Kier alpha value is -1.50. The molecule has 2 heterocycles. The highest BCUT2D eigenvalue weighted by molar-refractivity contribution is 5.85. The van der Waals surface area contributed by atoms with Crippen LogP contribution in [0.5, 0.6) is 11.5 Å². The molecule has 0 bridgehead atoms. The topological polar surface area (TPSA) is 68.8 Å². The van der Waals surface area contributed by atoms with Gasteiger partial charge < -0.3 is 24.8 Å². The number of hydrogen-bond acceptors (Lipinski definition) is 5. The van der Waals surface area contributed by atoms with Crippen LogP contribution in [0.15, 0.2) is 24.3 Å². The van der Waals surface area contributed by atoms with Crippen molar-refractivity contribution < 1.29 is 19.0 Å². The van der Waals surface area contributed by atoms with Crippen molar-refractivity contribution in [2.24, 2.45) is 0 Å². The molecule has 1 saturated heterocycles. The van der Waals surface area contributed by atoms with E-state index in [9.17, 15) is 4.79 Å². The number of para-hydroxylation sites is 2. The van der Waals surface area contributed by atoms with E-state index in [0.717, 1.165) is 24.6 Å². The fourth-order valence-electron chi connectivity index (χ4n) is 2.42. The highest BCUT2D eigenvalue weighted by Crippen LogP contribution is 2.30. The van der Waals surface area contributed by atoms with Gasteiger partial charge in [-0.05, 0) is 12.1 Å². The van der Waals surface area contributed by atoms with Gasteiger partial charge in [0.15, 0.2) is 11.5 Å². The third kappa shape index (κ3) is 4.50. The molecule has 2 aliphatic heterocycles. The molecule has 2 atom stereocenters. The Morgan fingerprint density at radius 1 is 1.27 bits per heavy atom. The van der Waals surface area contributed by atoms with E-state index in [0.29, 0.717) is 26.2 Å². The van der Waals surface area contributed by atoms with E-state index in [-0.39, 0.29) is 30.5 Å². The van der Waals surface area contributed by atoms with Crippen molar-refractivity contribution in [2.45, 2.75) is 18.6 Å². The van der Waals surface area contributed by atoms with Crippen LogP contribution in [0.3, 0.4) is 0 Å². The Bertz CT molecular complexity index is 494. The van der Waals surface area contributed by atoms with Crippen LogP contribution in [0, 0.1) is 0 Å². The van der Waals surface area contributed by atoms with E-state index in [2.05, 4.69) is 10.6 Å². The molecule has 6 nitrogen and oxygen atoms in total. The first-order valence-electron chi connectivity index (χ1n) is 7.29. The molecule has 3 rings (SSSR count). The number of ether oxygens (including phenoxy) is 3. The standard InChI is InChI=1S/C15H20N2O4.ClH/c18-15(7-11-8-16-5-6-19-11)17-9-12-10-20-13-3-1-2-4-14(13)21-12;/h1-4,11-12,16H,5-10H2,(H,17,18);1H. The number of rotatable bonds is 4. The summed E-state index contributed by atoms with van der Waals surface area (Å²) in [7, 11) is 0. The van der Waals surface area contributed by atoms with Crippen LogP contribution in [0.25, 0.3) is 0 Å². The maximum Gasteiger partial charge on any atom is 0.222 e. The number of carbonyl (C=O) groups excluding carboxylic acids is 1. The SMILES string of the molecule is Cl.O=C(CC1CNCCO1)NCC1COc2ccccc2O1. The molecule has 2 unspecified atom stereocenters. The number of benzene rings is 1. The Labute approximate surface area is 135 Å². The largest absolute Gasteiger partial charge is 0.486 e. The number of fused-ring (bicyclic) bond motifs is 1. The summed E-state index contributed by atoms with van der Waals surface area (Å²) in [4.78, 5) is 11.9. The second-order valence-corrected chi connectivity index (χ2v) is 5.20. The average Bonchev–Trinajstić information content (AvgIpc) is 2.54. The van der Waals surface area contributed by atoms with Gasteiger partial charge in [-0.25, -0.2) is 0 Å². The van der Waals surface area contributed by atoms with Crippen molar-refractivity contribution >= 4 is 18.3 Å². The number of amides is 1. The molecule has 1 aromatic carbocycles. The van der Waals surface area contributed by atoms with E-state index in [1.165, 1.54) is 0 Å². The van der Waals surface area contributed by atoms with Crippen molar-refractivity contribution in [2.75, 3.05) is 32.8 Å². The molecule has 22 heavy (non-hydrogen) atoms. The molecule has 2 aliphatic rings. The van der Waals surface area contributed by atoms with E-state index in [1.807, 2.05) is 24.3 Å². The lowest BCUT2D eigenvalue weighted by atomic mass is 10.2. The van der Waals surface area contributed by atoms with Crippen LogP contribution < -0.4 is 20.1 Å². The number of hydrogen-bond donors (Lipinski definition) is 2. The Morgan fingerprint density at radius 3 is 2.86 bits per heavy atom. The second-order valence-electron chi connectivity index (χ2n) is 5.20. The van der Waals surface area contributed by atoms with Gasteiger partial charge in [-0.1, -0.05) is 12.1 Å². The Morgan fingerprint density at radius 2 is 2.09 bits per heavy atom. The first-order valence-corrected chi connectivity index (χ1v) is 7.29. The summed E-state index contributed by atoms with van der Waals surface area (Å²) < 4.78 is 16.9. The van der Waals surface area contributed by atoms with Gasteiger partial charge in [-0.3, -0.25) is 4.79 Å². The monoisotopic (exact) mass is 328 g/mol.